The molecule has 5 heteroatoms. The van der Waals surface area contributed by atoms with Crippen LogP contribution >= 0.6 is 15.9 Å². The maximum atomic E-state index is 11.6. The Bertz CT molecular complexity index is 613. The first-order chi connectivity index (χ1) is 9.11. The Balaban J connectivity index is 2.32. The van der Waals surface area contributed by atoms with E-state index in [9.17, 15) is 4.79 Å². The standard InChI is InChI=1S/C14H12BrNO3/c1-9-8-10(5-6-12(9)15)19-13-11(14(17)18-2)4-3-7-16-13/h3-8H,1-2H3. The van der Waals surface area contributed by atoms with Crippen molar-refractivity contribution in [2.24, 2.45) is 0 Å². The minimum atomic E-state index is -0.475. The Morgan fingerprint density at radius 2 is 2.11 bits per heavy atom. The third kappa shape index (κ3) is 3.12. The number of hydrogen-bond acceptors (Lipinski definition) is 4. The van der Waals surface area contributed by atoms with Crippen LogP contribution in [0.4, 0.5) is 0 Å². The highest BCUT2D eigenvalue weighted by molar-refractivity contribution is 9.10. The number of esters is 1. The highest BCUT2D eigenvalue weighted by atomic mass is 79.9. The lowest BCUT2D eigenvalue weighted by molar-refractivity contribution is 0.0597. The molecule has 1 aromatic carbocycles. The fraction of sp³-hybridized carbons (Fsp3) is 0.143. The van der Waals surface area contributed by atoms with Gasteiger partial charge in [0.2, 0.25) is 5.88 Å². The SMILES string of the molecule is COC(=O)c1cccnc1Oc1ccc(Br)c(C)c1. The van der Waals surface area contributed by atoms with Gasteiger partial charge in [-0.25, -0.2) is 9.78 Å². The summed E-state index contributed by atoms with van der Waals surface area (Å²) in [6.07, 6.45) is 1.56. The lowest BCUT2D eigenvalue weighted by Crippen LogP contribution is -2.04. The van der Waals surface area contributed by atoms with Gasteiger partial charge in [-0.15, -0.1) is 0 Å². The fourth-order valence-electron chi connectivity index (χ4n) is 1.53. The van der Waals surface area contributed by atoms with Crippen molar-refractivity contribution in [1.29, 1.82) is 0 Å². The molecule has 0 spiro atoms. The number of carbonyl (C=O) groups excluding carboxylic acids is 1. The Morgan fingerprint density at radius 3 is 2.79 bits per heavy atom. The molecule has 0 fully saturated rings. The molecule has 0 saturated heterocycles. The molecule has 0 aliphatic carbocycles. The van der Waals surface area contributed by atoms with Crippen LogP contribution in [0.25, 0.3) is 0 Å². The number of ether oxygens (including phenoxy) is 2. The topological polar surface area (TPSA) is 48.4 Å². The van der Waals surface area contributed by atoms with Gasteiger partial charge in [-0.05, 0) is 42.8 Å². The highest BCUT2D eigenvalue weighted by Gasteiger charge is 2.14. The predicted octanol–water partition coefficient (Wildman–Crippen LogP) is 3.73. The Morgan fingerprint density at radius 1 is 1.32 bits per heavy atom. The minimum absolute atomic E-state index is 0.232. The summed E-state index contributed by atoms with van der Waals surface area (Å²) in [5.41, 5.74) is 1.33. The number of hydrogen-bond donors (Lipinski definition) is 0. The van der Waals surface area contributed by atoms with Crippen molar-refractivity contribution in [1.82, 2.24) is 4.98 Å². The smallest absolute Gasteiger partial charge is 0.343 e. The van der Waals surface area contributed by atoms with Crippen molar-refractivity contribution in [2.75, 3.05) is 7.11 Å². The number of pyridine rings is 1. The Labute approximate surface area is 119 Å². The number of methoxy groups -OCH3 is 1. The summed E-state index contributed by atoms with van der Waals surface area (Å²) in [5, 5.41) is 0. The highest BCUT2D eigenvalue weighted by Crippen LogP contribution is 2.27. The number of carbonyl (C=O) groups is 1. The van der Waals surface area contributed by atoms with Crippen LogP contribution in [0.15, 0.2) is 41.0 Å². The maximum absolute atomic E-state index is 11.6. The molecule has 2 rings (SSSR count). The van der Waals surface area contributed by atoms with Crippen LogP contribution in [0.3, 0.4) is 0 Å². The van der Waals surface area contributed by atoms with E-state index in [1.165, 1.54) is 7.11 Å². The molecule has 0 atom stereocenters. The number of aromatic nitrogens is 1. The first-order valence-electron chi connectivity index (χ1n) is 5.59. The molecule has 0 N–H and O–H groups in total. The maximum Gasteiger partial charge on any atom is 0.343 e. The summed E-state index contributed by atoms with van der Waals surface area (Å²) in [7, 11) is 1.32. The largest absolute Gasteiger partial charge is 0.465 e. The van der Waals surface area contributed by atoms with Gasteiger partial charge in [-0.2, -0.15) is 0 Å². The average molecular weight is 322 g/mol. The number of rotatable bonds is 3. The summed E-state index contributed by atoms with van der Waals surface area (Å²) >= 11 is 3.42. The third-order valence-electron chi connectivity index (χ3n) is 2.52. The summed E-state index contributed by atoms with van der Waals surface area (Å²) < 4.78 is 11.3. The molecular formula is C14H12BrNO3. The first-order valence-corrected chi connectivity index (χ1v) is 6.38. The normalized spacial score (nSPS) is 10.1. The number of benzene rings is 1. The molecule has 98 valence electrons. The molecule has 0 aliphatic heterocycles. The molecule has 0 saturated carbocycles. The van der Waals surface area contributed by atoms with Crippen molar-refractivity contribution in [2.45, 2.75) is 6.92 Å². The second-order valence-electron chi connectivity index (χ2n) is 3.86. The third-order valence-corrected chi connectivity index (χ3v) is 3.41. The molecule has 0 amide bonds. The van der Waals surface area contributed by atoms with Crippen molar-refractivity contribution < 1.29 is 14.3 Å². The van der Waals surface area contributed by atoms with Crippen molar-refractivity contribution in [3.05, 3.63) is 52.1 Å². The zero-order chi connectivity index (χ0) is 13.8. The lowest BCUT2D eigenvalue weighted by atomic mass is 10.2. The molecule has 1 aromatic heterocycles. The second-order valence-corrected chi connectivity index (χ2v) is 4.72. The molecule has 0 aliphatic rings. The van der Waals surface area contributed by atoms with Crippen LogP contribution < -0.4 is 4.74 Å². The fourth-order valence-corrected chi connectivity index (χ4v) is 1.78. The van der Waals surface area contributed by atoms with Gasteiger partial charge in [0, 0.05) is 10.7 Å². The number of halogens is 1. The number of aryl methyl sites for hydroxylation is 1. The molecule has 1 heterocycles. The van der Waals surface area contributed by atoms with Crippen LogP contribution in [0.5, 0.6) is 11.6 Å². The monoisotopic (exact) mass is 321 g/mol. The minimum Gasteiger partial charge on any atom is -0.465 e. The average Bonchev–Trinajstić information content (AvgIpc) is 2.43. The van der Waals surface area contributed by atoms with Gasteiger partial charge in [0.1, 0.15) is 11.3 Å². The van der Waals surface area contributed by atoms with Gasteiger partial charge in [0.25, 0.3) is 0 Å². The lowest BCUT2D eigenvalue weighted by Gasteiger charge is -2.09. The molecule has 4 nitrogen and oxygen atoms in total. The van der Waals surface area contributed by atoms with E-state index in [1.54, 1.807) is 24.4 Å². The van der Waals surface area contributed by atoms with Gasteiger partial charge in [-0.1, -0.05) is 15.9 Å². The zero-order valence-corrected chi connectivity index (χ0v) is 12.1. The molecular weight excluding hydrogens is 310 g/mol. The summed E-state index contributed by atoms with van der Waals surface area (Å²) in [6, 6.07) is 8.81. The quantitative estimate of drug-likeness (QED) is 0.808. The molecule has 19 heavy (non-hydrogen) atoms. The van der Waals surface area contributed by atoms with Crippen LogP contribution in [0.2, 0.25) is 0 Å². The van der Waals surface area contributed by atoms with E-state index < -0.39 is 5.97 Å². The van der Waals surface area contributed by atoms with Gasteiger partial charge in [0.15, 0.2) is 0 Å². The van der Waals surface area contributed by atoms with E-state index in [1.807, 2.05) is 19.1 Å². The van der Waals surface area contributed by atoms with E-state index in [4.69, 9.17) is 9.47 Å². The Hall–Kier alpha value is -1.88. The molecule has 0 radical (unpaired) electrons. The van der Waals surface area contributed by atoms with Crippen LogP contribution in [-0.4, -0.2) is 18.1 Å². The zero-order valence-electron chi connectivity index (χ0n) is 10.5. The summed E-state index contributed by atoms with van der Waals surface area (Å²) in [6.45, 7) is 1.95. The van der Waals surface area contributed by atoms with Gasteiger partial charge < -0.3 is 9.47 Å². The van der Waals surface area contributed by atoms with Gasteiger partial charge in [-0.3, -0.25) is 0 Å². The molecule has 2 aromatic rings. The predicted molar refractivity (Wildman–Crippen MR) is 74.5 cm³/mol. The van der Waals surface area contributed by atoms with Crippen LogP contribution in [0, 0.1) is 6.92 Å². The van der Waals surface area contributed by atoms with Crippen molar-refractivity contribution >= 4 is 21.9 Å². The summed E-state index contributed by atoms with van der Waals surface area (Å²) in [5.74, 6) is 0.373. The van der Waals surface area contributed by atoms with E-state index >= 15 is 0 Å². The van der Waals surface area contributed by atoms with E-state index in [0.29, 0.717) is 11.3 Å². The second kappa shape index (κ2) is 5.84. The summed E-state index contributed by atoms with van der Waals surface area (Å²) in [4.78, 5) is 15.7. The molecule has 0 unspecified atom stereocenters. The van der Waals surface area contributed by atoms with Crippen LogP contribution in [-0.2, 0) is 4.74 Å². The van der Waals surface area contributed by atoms with E-state index in [-0.39, 0.29) is 5.88 Å². The molecule has 0 bridgehead atoms. The van der Waals surface area contributed by atoms with E-state index in [2.05, 4.69) is 20.9 Å². The van der Waals surface area contributed by atoms with Crippen molar-refractivity contribution in [3.63, 3.8) is 0 Å². The van der Waals surface area contributed by atoms with Gasteiger partial charge >= 0.3 is 5.97 Å². The first kappa shape index (κ1) is 13.5. The van der Waals surface area contributed by atoms with Crippen molar-refractivity contribution in [3.8, 4) is 11.6 Å². The van der Waals surface area contributed by atoms with Gasteiger partial charge in [0.05, 0.1) is 7.11 Å². The number of nitrogens with zero attached hydrogens (tertiary/aromatic N) is 1. The Kier molecular flexibility index (Phi) is 4.16. The van der Waals surface area contributed by atoms with E-state index in [0.717, 1.165) is 10.0 Å². The van der Waals surface area contributed by atoms with Crippen LogP contribution in [0.1, 0.15) is 15.9 Å².